The molecular weight excluding hydrogens is 488 g/mol. The standard InChI is InChI=1S/C20H18N4O6S3/c1-3-30-17(28)14(15-16(27)24(8-13(25)26)20(31)33-15)12-9-32-19(22-12)23-18(29)21-11-6-4-10(2)5-7-11/h4-7,9H,3,8H2,1-2H3,(H,25,26)(H2,21,22,23,29). The number of ether oxygens (including phenoxy) is 1. The smallest absolute Gasteiger partial charge is 0.341 e. The molecule has 10 nitrogen and oxygen atoms in total. The van der Waals surface area contributed by atoms with Gasteiger partial charge in [-0.15, -0.1) is 11.3 Å². The van der Waals surface area contributed by atoms with Crippen LogP contribution in [0.4, 0.5) is 15.6 Å². The summed E-state index contributed by atoms with van der Waals surface area (Å²) in [5.74, 6) is -2.78. The lowest BCUT2D eigenvalue weighted by Gasteiger charge is -2.11. The number of aryl methyl sites for hydroxylation is 1. The van der Waals surface area contributed by atoms with Crippen molar-refractivity contribution in [1.82, 2.24) is 9.88 Å². The number of anilines is 2. The topological polar surface area (TPSA) is 138 Å². The molecule has 1 aliphatic rings. The summed E-state index contributed by atoms with van der Waals surface area (Å²) < 4.78 is 5.08. The van der Waals surface area contributed by atoms with Gasteiger partial charge in [0, 0.05) is 11.1 Å². The summed E-state index contributed by atoms with van der Waals surface area (Å²) in [6, 6.07) is 6.66. The molecule has 1 aromatic heterocycles. The predicted octanol–water partition coefficient (Wildman–Crippen LogP) is 3.31. The van der Waals surface area contributed by atoms with Gasteiger partial charge in [-0.1, -0.05) is 41.7 Å². The lowest BCUT2D eigenvalue weighted by molar-refractivity contribution is -0.140. The molecule has 2 heterocycles. The molecule has 1 aromatic carbocycles. The number of carbonyl (C=O) groups is 4. The normalized spacial score (nSPS) is 14.8. The zero-order chi connectivity index (χ0) is 24.1. The molecule has 0 spiro atoms. The Morgan fingerprint density at radius 2 is 1.91 bits per heavy atom. The molecule has 3 N–H and O–H groups in total. The SMILES string of the molecule is CCOC(=O)C(=C1SC(=S)N(CC(=O)O)C1=O)c1csc(NC(=O)Nc2ccc(C)cc2)n1. The Balaban J connectivity index is 1.85. The van der Waals surface area contributed by atoms with Gasteiger partial charge in [0.25, 0.3) is 5.91 Å². The summed E-state index contributed by atoms with van der Waals surface area (Å²) in [6.45, 7) is 2.95. The van der Waals surface area contributed by atoms with Crippen molar-refractivity contribution in [1.29, 1.82) is 0 Å². The van der Waals surface area contributed by atoms with E-state index in [1.165, 1.54) is 5.38 Å². The van der Waals surface area contributed by atoms with E-state index in [0.29, 0.717) is 5.69 Å². The summed E-state index contributed by atoms with van der Waals surface area (Å²) in [5.41, 5.74) is 1.58. The minimum atomic E-state index is -1.25. The number of esters is 1. The number of urea groups is 1. The number of nitrogens with zero attached hydrogens (tertiary/aromatic N) is 2. The number of benzene rings is 1. The molecule has 33 heavy (non-hydrogen) atoms. The van der Waals surface area contributed by atoms with Crippen molar-refractivity contribution in [2.45, 2.75) is 13.8 Å². The Bertz CT molecular complexity index is 1160. The number of carboxylic acid groups (broad SMARTS) is 1. The largest absolute Gasteiger partial charge is 0.480 e. The Morgan fingerprint density at radius 1 is 1.21 bits per heavy atom. The van der Waals surface area contributed by atoms with E-state index >= 15 is 0 Å². The average molecular weight is 507 g/mol. The molecular formula is C20H18N4O6S3. The van der Waals surface area contributed by atoms with Crippen LogP contribution < -0.4 is 10.6 Å². The van der Waals surface area contributed by atoms with Gasteiger partial charge in [0.15, 0.2) is 5.13 Å². The summed E-state index contributed by atoms with van der Waals surface area (Å²) in [6.07, 6.45) is 0. The van der Waals surface area contributed by atoms with Gasteiger partial charge in [-0.25, -0.2) is 14.6 Å². The molecule has 0 saturated carbocycles. The first-order valence-electron chi connectivity index (χ1n) is 9.47. The molecule has 0 unspecified atom stereocenters. The highest BCUT2D eigenvalue weighted by Gasteiger charge is 2.38. The number of rotatable bonds is 7. The number of aromatic nitrogens is 1. The van der Waals surface area contributed by atoms with Crippen LogP contribution in [0.1, 0.15) is 18.2 Å². The monoisotopic (exact) mass is 506 g/mol. The molecule has 0 aliphatic carbocycles. The maximum atomic E-state index is 12.8. The maximum Gasteiger partial charge on any atom is 0.341 e. The second-order valence-electron chi connectivity index (χ2n) is 6.56. The van der Waals surface area contributed by atoms with E-state index in [2.05, 4.69) is 15.6 Å². The molecule has 2 aromatic rings. The van der Waals surface area contributed by atoms with Crippen molar-refractivity contribution in [2.24, 2.45) is 0 Å². The van der Waals surface area contributed by atoms with Gasteiger partial charge in [0.05, 0.1) is 17.2 Å². The number of thiazole rings is 1. The Morgan fingerprint density at radius 3 is 2.55 bits per heavy atom. The summed E-state index contributed by atoms with van der Waals surface area (Å²) in [4.78, 5) is 53.8. The second kappa shape index (κ2) is 10.6. The molecule has 1 saturated heterocycles. The van der Waals surface area contributed by atoms with Gasteiger partial charge in [-0.3, -0.25) is 19.8 Å². The van der Waals surface area contributed by atoms with Crippen LogP contribution in [0.5, 0.6) is 0 Å². The highest BCUT2D eigenvalue weighted by molar-refractivity contribution is 8.26. The van der Waals surface area contributed by atoms with Gasteiger partial charge in [-0.2, -0.15) is 0 Å². The first kappa shape index (κ1) is 24.4. The molecule has 0 radical (unpaired) electrons. The van der Waals surface area contributed by atoms with Crippen LogP contribution in [0, 0.1) is 6.92 Å². The van der Waals surface area contributed by atoms with Crippen LogP contribution >= 0.6 is 35.3 Å². The number of aliphatic carboxylic acids is 1. The summed E-state index contributed by atoms with van der Waals surface area (Å²) in [7, 11) is 0. The van der Waals surface area contributed by atoms with Crippen molar-refractivity contribution in [3.05, 3.63) is 45.8 Å². The lowest BCUT2D eigenvalue weighted by Crippen LogP contribution is -2.33. The number of thioether (sulfide) groups is 1. The van der Waals surface area contributed by atoms with E-state index in [1.807, 2.05) is 19.1 Å². The maximum absolute atomic E-state index is 12.8. The fourth-order valence-electron chi connectivity index (χ4n) is 2.68. The zero-order valence-electron chi connectivity index (χ0n) is 17.4. The van der Waals surface area contributed by atoms with E-state index in [-0.39, 0.29) is 32.2 Å². The molecule has 1 aliphatic heterocycles. The van der Waals surface area contributed by atoms with Gasteiger partial charge < -0.3 is 15.2 Å². The zero-order valence-corrected chi connectivity index (χ0v) is 19.9. The molecule has 13 heteroatoms. The van der Waals surface area contributed by atoms with Crippen LogP contribution in [-0.4, -0.2) is 56.3 Å². The van der Waals surface area contributed by atoms with Crippen LogP contribution in [0.3, 0.4) is 0 Å². The summed E-state index contributed by atoms with van der Waals surface area (Å²) >= 11 is 6.94. The van der Waals surface area contributed by atoms with Crippen molar-refractivity contribution >= 4 is 79.9 Å². The molecule has 0 atom stereocenters. The van der Waals surface area contributed by atoms with E-state index < -0.39 is 30.4 Å². The predicted molar refractivity (Wildman–Crippen MR) is 129 cm³/mol. The minimum Gasteiger partial charge on any atom is -0.480 e. The van der Waals surface area contributed by atoms with Crippen LogP contribution in [-0.2, 0) is 19.1 Å². The number of carbonyl (C=O) groups excluding carboxylic acids is 3. The number of thiocarbonyl (C=S) groups is 1. The van der Waals surface area contributed by atoms with Gasteiger partial charge >= 0.3 is 18.0 Å². The number of hydrogen-bond acceptors (Lipinski definition) is 9. The van der Waals surface area contributed by atoms with E-state index in [9.17, 15) is 19.2 Å². The number of nitrogens with one attached hydrogen (secondary N) is 2. The van der Waals surface area contributed by atoms with E-state index in [4.69, 9.17) is 22.1 Å². The van der Waals surface area contributed by atoms with Crippen LogP contribution in [0.2, 0.25) is 0 Å². The van der Waals surface area contributed by atoms with E-state index in [1.54, 1.807) is 19.1 Å². The number of amides is 3. The number of carboxylic acids is 1. The van der Waals surface area contributed by atoms with Gasteiger partial charge in [-0.05, 0) is 26.0 Å². The van der Waals surface area contributed by atoms with E-state index in [0.717, 1.165) is 33.6 Å². The second-order valence-corrected chi connectivity index (χ2v) is 9.06. The van der Waals surface area contributed by atoms with Gasteiger partial charge in [0.1, 0.15) is 16.4 Å². The van der Waals surface area contributed by atoms with Crippen molar-refractivity contribution in [3.8, 4) is 0 Å². The van der Waals surface area contributed by atoms with Crippen LogP contribution in [0.15, 0.2) is 34.6 Å². The summed E-state index contributed by atoms with van der Waals surface area (Å²) in [5, 5.41) is 15.9. The minimum absolute atomic E-state index is 0.00486. The van der Waals surface area contributed by atoms with Crippen molar-refractivity contribution in [2.75, 3.05) is 23.8 Å². The first-order chi connectivity index (χ1) is 15.7. The highest BCUT2D eigenvalue weighted by atomic mass is 32.2. The molecule has 172 valence electrons. The number of hydrogen-bond donors (Lipinski definition) is 3. The quantitative estimate of drug-likeness (QED) is 0.293. The van der Waals surface area contributed by atoms with Crippen molar-refractivity contribution < 1.29 is 29.0 Å². The average Bonchev–Trinajstić information content (AvgIpc) is 3.30. The third-order valence-electron chi connectivity index (χ3n) is 4.14. The fraction of sp³-hybridized carbons (Fsp3) is 0.200. The molecule has 3 rings (SSSR count). The fourth-order valence-corrected chi connectivity index (χ4v) is 4.69. The lowest BCUT2D eigenvalue weighted by atomic mass is 10.2. The van der Waals surface area contributed by atoms with Gasteiger partial charge in [0.2, 0.25) is 0 Å². The molecule has 0 bridgehead atoms. The highest BCUT2D eigenvalue weighted by Crippen LogP contribution is 2.38. The molecule has 1 fully saturated rings. The Kier molecular flexibility index (Phi) is 7.79. The van der Waals surface area contributed by atoms with Crippen LogP contribution in [0.25, 0.3) is 5.57 Å². The molecule has 3 amide bonds. The third-order valence-corrected chi connectivity index (χ3v) is 6.35. The Labute approximate surface area is 202 Å². The first-order valence-corrected chi connectivity index (χ1v) is 11.6. The van der Waals surface area contributed by atoms with Crippen molar-refractivity contribution in [3.63, 3.8) is 0 Å². The Hall–Kier alpha value is -3.29. The third kappa shape index (κ3) is 5.94.